The van der Waals surface area contributed by atoms with Crippen LogP contribution in [0.25, 0.3) is 0 Å². The molecule has 158 valence electrons. The third-order valence-corrected chi connectivity index (χ3v) is 7.13. The molecule has 0 rings (SSSR count). The van der Waals surface area contributed by atoms with Crippen LogP contribution >= 0.6 is 33.2 Å². The number of hydrogen-bond acceptors (Lipinski definition) is 0. The first-order valence-electron chi connectivity index (χ1n) is 5.97. The van der Waals surface area contributed by atoms with Gasteiger partial charge in [-0.2, -0.15) is 57.1 Å². The average molecular weight is 496 g/mol. The third-order valence-electron chi connectivity index (χ3n) is 3.20. The van der Waals surface area contributed by atoms with E-state index in [4.69, 9.17) is 33.2 Å². The Morgan fingerprint density at radius 2 is 0.923 bits per heavy atom. The van der Waals surface area contributed by atoms with Gasteiger partial charge < -0.3 is 0 Å². The van der Waals surface area contributed by atoms with Gasteiger partial charge in [0.1, 0.15) is 0 Å². The topological polar surface area (TPSA) is 0 Å². The van der Waals surface area contributed by atoms with Gasteiger partial charge in [0.05, 0.1) is 5.54 Å². The first-order valence-corrected chi connectivity index (χ1v) is 11.1. The smallest absolute Gasteiger partial charge is 0.200 e. The highest BCUT2D eigenvalue weighted by molar-refractivity contribution is 7.65. The molecule has 0 saturated carbocycles. The van der Waals surface area contributed by atoms with Crippen molar-refractivity contribution in [3.63, 3.8) is 0 Å². The minimum Gasteiger partial charge on any atom is -0.200 e. The Morgan fingerprint density at radius 3 is 1.15 bits per heavy atom. The van der Waals surface area contributed by atoms with Crippen molar-refractivity contribution in [2.45, 2.75) is 54.7 Å². The maximum Gasteiger partial charge on any atom is 0.460 e. The van der Waals surface area contributed by atoms with Crippen molar-refractivity contribution in [1.82, 2.24) is 0 Å². The van der Waals surface area contributed by atoms with E-state index in [9.17, 15) is 57.1 Å². The molecule has 0 aromatic carbocycles. The molecule has 0 fully saturated rings. The number of halogens is 16. The molecule has 0 radical (unpaired) electrons. The van der Waals surface area contributed by atoms with E-state index in [1.807, 2.05) is 0 Å². The summed E-state index contributed by atoms with van der Waals surface area (Å²) in [6.45, 7) is 0.587. The summed E-state index contributed by atoms with van der Waals surface area (Å²) < 4.78 is 168. The van der Waals surface area contributed by atoms with Crippen molar-refractivity contribution in [3.05, 3.63) is 0 Å². The second kappa shape index (κ2) is 6.90. The largest absolute Gasteiger partial charge is 0.460 e. The monoisotopic (exact) mass is 494 g/mol. The van der Waals surface area contributed by atoms with Crippen LogP contribution < -0.4 is 0 Å². The maximum absolute atomic E-state index is 13.8. The summed E-state index contributed by atoms with van der Waals surface area (Å²) >= 11 is 15.0. The Morgan fingerprint density at radius 1 is 0.615 bits per heavy atom. The van der Waals surface area contributed by atoms with Crippen molar-refractivity contribution in [3.8, 4) is 0 Å². The van der Waals surface area contributed by atoms with Crippen LogP contribution in [0.5, 0.6) is 0 Å². The quantitative estimate of drug-likeness (QED) is 0.200. The molecule has 0 saturated heterocycles. The molecule has 1 atom stereocenters. The molecule has 0 aromatic heterocycles. The summed E-state index contributed by atoms with van der Waals surface area (Å²) in [6.07, 6.45) is -8.78. The molecule has 0 aliphatic rings. The van der Waals surface area contributed by atoms with Gasteiger partial charge in [-0.15, -0.1) is 33.2 Å². The zero-order valence-corrected chi connectivity index (χ0v) is 15.1. The molecule has 0 aliphatic heterocycles. The highest BCUT2D eigenvalue weighted by Crippen LogP contribution is 2.63. The lowest BCUT2D eigenvalue weighted by Gasteiger charge is -2.42. The SMILES string of the molecule is CCC(C(F)(F)C(F)(F)C(F)(F)C(F)(F)C(F)(F)C(F)(F)F)[Si](Cl)(Cl)Cl. The predicted molar refractivity (Wildman–Crippen MR) is 68.1 cm³/mol. The zero-order valence-electron chi connectivity index (χ0n) is 11.8. The van der Waals surface area contributed by atoms with Gasteiger partial charge in [-0.05, 0) is 6.42 Å². The molecule has 0 aromatic rings. The summed E-state index contributed by atoms with van der Waals surface area (Å²) in [4.78, 5) is 0. The van der Waals surface area contributed by atoms with Crippen LogP contribution in [0.1, 0.15) is 13.3 Å². The summed E-state index contributed by atoms with van der Waals surface area (Å²) in [6, 6.07) is -5.05. The van der Waals surface area contributed by atoms with E-state index in [-0.39, 0.29) is 0 Å². The lowest BCUT2D eigenvalue weighted by molar-refractivity contribution is -0.440. The molecule has 0 bridgehead atoms. The zero-order chi connectivity index (χ0) is 21.8. The Labute approximate surface area is 151 Å². The summed E-state index contributed by atoms with van der Waals surface area (Å²) in [5.74, 6) is -37.4. The minimum absolute atomic E-state index is 0.587. The molecule has 0 N–H and O–H groups in total. The molecular formula is C9H6Cl3F13Si. The highest BCUT2D eigenvalue weighted by atomic mass is 35.8. The van der Waals surface area contributed by atoms with Crippen LogP contribution in [-0.4, -0.2) is 41.8 Å². The van der Waals surface area contributed by atoms with E-state index in [1.165, 1.54) is 0 Å². The normalized spacial score (nSPS) is 17.4. The van der Waals surface area contributed by atoms with Crippen LogP contribution in [0.4, 0.5) is 57.1 Å². The summed E-state index contributed by atoms with van der Waals surface area (Å²) in [5, 5.41) is 0. The standard InChI is InChI=1S/C9H6Cl3F13Si/c1-2-3(26(10,11)12)4(13,14)5(15,16)6(17,18)7(19,20)8(21,22)9(23,24)25/h3H,2H2,1H3. The molecule has 17 heteroatoms. The fraction of sp³-hybridized carbons (Fsp3) is 1.00. The Hall–Kier alpha value is 0.177. The number of rotatable bonds is 7. The third kappa shape index (κ3) is 3.71. The van der Waals surface area contributed by atoms with E-state index in [0.717, 1.165) is 0 Å². The molecule has 0 heterocycles. The second-order valence-corrected chi connectivity index (χ2v) is 13.8. The van der Waals surface area contributed by atoms with Crippen molar-refractivity contribution >= 4 is 39.2 Å². The van der Waals surface area contributed by atoms with Crippen LogP contribution in [-0.2, 0) is 0 Å². The Balaban J connectivity index is 6.50. The molecule has 1 unspecified atom stereocenters. The van der Waals surface area contributed by atoms with Gasteiger partial charge in [-0.1, -0.05) is 6.92 Å². The predicted octanol–water partition coefficient (Wildman–Crippen LogP) is 7.16. The molecule has 26 heavy (non-hydrogen) atoms. The first kappa shape index (κ1) is 26.2. The van der Waals surface area contributed by atoms with Crippen molar-refractivity contribution in [2.75, 3.05) is 0 Å². The Bertz CT molecular complexity index is 510. The Kier molecular flexibility index (Phi) is 6.95. The van der Waals surface area contributed by atoms with E-state index >= 15 is 0 Å². The lowest BCUT2D eigenvalue weighted by Crippen LogP contribution is -2.71. The average Bonchev–Trinajstić information content (AvgIpc) is 2.34. The van der Waals surface area contributed by atoms with E-state index < -0.39 is 53.8 Å². The van der Waals surface area contributed by atoms with Crippen molar-refractivity contribution < 1.29 is 57.1 Å². The van der Waals surface area contributed by atoms with Crippen molar-refractivity contribution in [2.24, 2.45) is 0 Å². The van der Waals surface area contributed by atoms with Crippen LogP contribution in [0, 0.1) is 0 Å². The second-order valence-electron chi connectivity index (χ2n) is 4.92. The summed E-state index contributed by atoms with van der Waals surface area (Å²) in [5.41, 5.74) is -3.31. The molecule has 0 nitrogen and oxygen atoms in total. The van der Waals surface area contributed by atoms with Crippen LogP contribution in [0.3, 0.4) is 0 Å². The van der Waals surface area contributed by atoms with Gasteiger partial charge in [0.25, 0.3) is 0 Å². The lowest BCUT2D eigenvalue weighted by atomic mass is 9.92. The van der Waals surface area contributed by atoms with Gasteiger partial charge in [-0.3, -0.25) is 0 Å². The first-order chi connectivity index (χ1) is 10.9. The van der Waals surface area contributed by atoms with Gasteiger partial charge in [0.2, 0.25) is 0 Å². The van der Waals surface area contributed by atoms with Crippen LogP contribution in [0.15, 0.2) is 0 Å². The fourth-order valence-corrected chi connectivity index (χ4v) is 5.37. The van der Waals surface area contributed by atoms with Gasteiger partial charge in [0.15, 0.2) is 0 Å². The maximum atomic E-state index is 13.8. The van der Waals surface area contributed by atoms with E-state index in [2.05, 4.69) is 0 Å². The van der Waals surface area contributed by atoms with E-state index in [0.29, 0.717) is 6.92 Å². The minimum atomic E-state index is -7.96. The molecule has 0 spiro atoms. The highest BCUT2D eigenvalue weighted by Gasteiger charge is 2.91. The van der Waals surface area contributed by atoms with Gasteiger partial charge in [0, 0.05) is 0 Å². The van der Waals surface area contributed by atoms with Crippen molar-refractivity contribution in [1.29, 1.82) is 0 Å². The molecule has 0 amide bonds. The number of hydrogen-bond donors (Lipinski definition) is 0. The fourth-order valence-electron chi connectivity index (χ4n) is 1.69. The van der Waals surface area contributed by atoms with E-state index in [1.54, 1.807) is 0 Å². The molecular weight excluding hydrogens is 490 g/mol. The summed E-state index contributed by atoms with van der Waals surface area (Å²) in [7, 11) is 0. The molecule has 0 aliphatic carbocycles. The van der Waals surface area contributed by atoms with Gasteiger partial charge in [-0.25, -0.2) is 0 Å². The number of alkyl halides is 13. The van der Waals surface area contributed by atoms with Crippen LogP contribution in [0.2, 0.25) is 5.54 Å². The van der Waals surface area contributed by atoms with Gasteiger partial charge >= 0.3 is 41.8 Å².